The molecule has 0 aromatic carbocycles. The van der Waals surface area contributed by atoms with E-state index in [2.05, 4.69) is 77.4 Å². The lowest BCUT2D eigenvalue weighted by atomic mass is 9.82. The number of hydrogen-bond acceptors (Lipinski definition) is 2. The predicted octanol–water partition coefficient (Wildman–Crippen LogP) is 2.52. The molecular formula is C22H20N4. The maximum atomic E-state index is 4.91. The van der Waals surface area contributed by atoms with Crippen molar-refractivity contribution in [1.29, 1.82) is 0 Å². The Morgan fingerprint density at radius 1 is 0.846 bits per heavy atom. The Labute approximate surface area is 151 Å². The molecule has 1 unspecified atom stereocenters. The van der Waals surface area contributed by atoms with E-state index >= 15 is 0 Å². The number of nitrogens with one attached hydrogen (secondary N) is 2. The number of H-pyrrole nitrogens is 2. The number of aromatic nitrogens is 2. The van der Waals surface area contributed by atoms with Crippen molar-refractivity contribution >= 4 is 23.6 Å². The molecule has 1 atom stereocenters. The van der Waals surface area contributed by atoms with Gasteiger partial charge >= 0.3 is 0 Å². The first-order valence-electron chi connectivity index (χ1n) is 8.89. The van der Waals surface area contributed by atoms with E-state index in [1.807, 2.05) is 18.2 Å². The number of hydrogen-bond donors (Lipinski definition) is 2. The molecule has 0 saturated carbocycles. The second-order valence-electron chi connectivity index (χ2n) is 7.50. The fourth-order valence-electron chi connectivity index (χ4n) is 3.59. The first kappa shape index (κ1) is 15.1. The van der Waals surface area contributed by atoms with Crippen LogP contribution in [-0.2, 0) is 5.41 Å². The third-order valence-electron chi connectivity index (χ3n) is 5.20. The molecule has 0 fully saturated rings. The average molecular weight is 340 g/mol. The smallest absolute Gasteiger partial charge is 0.0796 e. The van der Waals surface area contributed by atoms with Crippen LogP contribution in [0.5, 0.6) is 0 Å². The highest BCUT2D eigenvalue weighted by atomic mass is 14.9. The van der Waals surface area contributed by atoms with E-state index in [1.54, 1.807) is 0 Å². The molecule has 4 nitrogen and oxygen atoms in total. The highest BCUT2D eigenvalue weighted by molar-refractivity contribution is 6.19. The van der Waals surface area contributed by atoms with Crippen LogP contribution in [0.2, 0.25) is 0 Å². The molecule has 2 aromatic heterocycles. The molecule has 8 bridgehead atoms. The Morgan fingerprint density at radius 3 is 2.58 bits per heavy atom. The summed E-state index contributed by atoms with van der Waals surface area (Å²) in [7, 11) is 0. The Morgan fingerprint density at radius 2 is 1.69 bits per heavy atom. The standard InChI is InChI=1S/C22H20N4/c1-22(2)20-9-7-18(25-20)12-16-5-3-14(23-16)11-15-4-6-17(24-15)13-19-8-10-21(22)26-19/h3-13,20,24,26H,1-2H3. The van der Waals surface area contributed by atoms with Crippen LogP contribution in [0.1, 0.15) is 25.2 Å². The number of allylic oxidation sites excluding steroid dienone is 4. The second kappa shape index (κ2) is 5.43. The van der Waals surface area contributed by atoms with E-state index in [9.17, 15) is 0 Å². The SMILES string of the molecule is CC1(C)c2ccc([nH]2)C=c2ccc([nH]2)=CC2=NC(=CC3=NC1C=C3)C=C2. The van der Waals surface area contributed by atoms with Gasteiger partial charge in [0, 0.05) is 27.5 Å². The van der Waals surface area contributed by atoms with Crippen LogP contribution in [0.4, 0.5) is 0 Å². The Balaban J connectivity index is 1.71. The third kappa shape index (κ3) is 2.54. The summed E-state index contributed by atoms with van der Waals surface area (Å²) in [5.41, 5.74) is 5.00. The molecule has 5 rings (SSSR count). The summed E-state index contributed by atoms with van der Waals surface area (Å²) in [6.07, 6.45) is 14.6. The molecule has 3 aliphatic heterocycles. The maximum absolute atomic E-state index is 4.91. The quantitative estimate of drug-likeness (QED) is 0.740. The van der Waals surface area contributed by atoms with Gasteiger partial charge in [0.1, 0.15) is 0 Å². The first-order chi connectivity index (χ1) is 12.6. The zero-order chi connectivity index (χ0) is 17.7. The van der Waals surface area contributed by atoms with Gasteiger partial charge in [0.2, 0.25) is 0 Å². The maximum Gasteiger partial charge on any atom is 0.0796 e. The number of nitrogens with zero attached hydrogens (tertiary/aromatic N) is 2. The highest BCUT2D eigenvalue weighted by Gasteiger charge is 2.32. The molecule has 5 heterocycles. The van der Waals surface area contributed by atoms with Crippen molar-refractivity contribution in [1.82, 2.24) is 9.97 Å². The minimum atomic E-state index is -0.117. The summed E-state index contributed by atoms with van der Waals surface area (Å²) in [5, 5.41) is 2.10. The van der Waals surface area contributed by atoms with Crippen LogP contribution >= 0.6 is 0 Å². The predicted molar refractivity (Wildman–Crippen MR) is 107 cm³/mol. The van der Waals surface area contributed by atoms with Crippen molar-refractivity contribution in [3.63, 3.8) is 0 Å². The highest BCUT2D eigenvalue weighted by Crippen LogP contribution is 2.32. The molecule has 0 aliphatic carbocycles. The summed E-state index contributed by atoms with van der Waals surface area (Å²) in [6, 6.07) is 8.55. The van der Waals surface area contributed by atoms with Gasteiger partial charge in [-0.1, -0.05) is 19.9 Å². The van der Waals surface area contributed by atoms with E-state index in [0.717, 1.165) is 33.5 Å². The Bertz CT molecular complexity index is 1160. The number of aliphatic imine (C=N–C) groups is 2. The topological polar surface area (TPSA) is 56.3 Å². The van der Waals surface area contributed by atoms with Crippen LogP contribution in [0.15, 0.2) is 70.3 Å². The van der Waals surface area contributed by atoms with Crippen LogP contribution < -0.4 is 10.7 Å². The molecular weight excluding hydrogens is 320 g/mol. The van der Waals surface area contributed by atoms with E-state index < -0.39 is 0 Å². The van der Waals surface area contributed by atoms with Crippen molar-refractivity contribution in [2.24, 2.45) is 9.98 Å². The van der Waals surface area contributed by atoms with E-state index in [-0.39, 0.29) is 11.5 Å². The van der Waals surface area contributed by atoms with Gasteiger partial charge in [-0.3, -0.25) is 4.99 Å². The van der Waals surface area contributed by atoms with E-state index in [1.165, 1.54) is 5.69 Å². The summed E-state index contributed by atoms with van der Waals surface area (Å²) >= 11 is 0. The van der Waals surface area contributed by atoms with Crippen LogP contribution in [0.25, 0.3) is 12.2 Å². The van der Waals surface area contributed by atoms with Gasteiger partial charge in [0.05, 0.1) is 23.2 Å². The molecule has 26 heavy (non-hydrogen) atoms. The van der Waals surface area contributed by atoms with Crippen molar-refractivity contribution in [3.05, 3.63) is 82.4 Å². The Kier molecular flexibility index (Phi) is 3.16. The number of rotatable bonds is 0. The third-order valence-corrected chi connectivity index (χ3v) is 5.20. The summed E-state index contributed by atoms with van der Waals surface area (Å²) in [4.78, 5) is 16.6. The largest absolute Gasteiger partial charge is 0.358 e. The van der Waals surface area contributed by atoms with Gasteiger partial charge in [-0.25, -0.2) is 4.99 Å². The summed E-state index contributed by atoms with van der Waals surface area (Å²) in [5.74, 6) is 0. The fraction of sp³-hybridized carbons (Fsp3) is 0.182. The van der Waals surface area contributed by atoms with Gasteiger partial charge in [0.25, 0.3) is 0 Å². The van der Waals surface area contributed by atoms with Gasteiger partial charge < -0.3 is 9.97 Å². The lowest BCUT2D eigenvalue weighted by Gasteiger charge is -2.27. The van der Waals surface area contributed by atoms with Gasteiger partial charge in [-0.05, 0) is 60.7 Å². The van der Waals surface area contributed by atoms with E-state index in [4.69, 9.17) is 4.99 Å². The Hall–Kier alpha value is -3.14. The molecule has 0 spiro atoms. The van der Waals surface area contributed by atoms with Gasteiger partial charge in [-0.2, -0.15) is 0 Å². The number of fused-ring (bicyclic) bond motifs is 6. The van der Waals surface area contributed by atoms with Crippen molar-refractivity contribution in [3.8, 4) is 0 Å². The van der Waals surface area contributed by atoms with Gasteiger partial charge in [0.15, 0.2) is 0 Å². The lowest BCUT2D eigenvalue weighted by molar-refractivity contribution is 0.461. The molecule has 128 valence electrons. The van der Waals surface area contributed by atoms with Crippen LogP contribution in [0, 0.1) is 0 Å². The molecule has 0 saturated heterocycles. The average Bonchev–Trinajstić information content (AvgIpc) is 3.37. The monoisotopic (exact) mass is 340 g/mol. The van der Waals surface area contributed by atoms with Crippen LogP contribution in [0.3, 0.4) is 0 Å². The zero-order valence-electron chi connectivity index (χ0n) is 14.8. The molecule has 0 radical (unpaired) electrons. The van der Waals surface area contributed by atoms with Crippen LogP contribution in [-0.4, -0.2) is 27.4 Å². The second-order valence-corrected chi connectivity index (χ2v) is 7.50. The van der Waals surface area contributed by atoms with Crippen molar-refractivity contribution in [2.45, 2.75) is 25.3 Å². The molecule has 3 aliphatic rings. The number of aromatic amines is 2. The summed E-state index contributed by atoms with van der Waals surface area (Å²) < 4.78 is 0. The minimum absolute atomic E-state index is 0.103. The lowest BCUT2D eigenvalue weighted by Crippen LogP contribution is -2.30. The minimum Gasteiger partial charge on any atom is -0.358 e. The molecule has 2 aromatic rings. The van der Waals surface area contributed by atoms with E-state index in [0.29, 0.717) is 0 Å². The zero-order valence-corrected chi connectivity index (χ0v) is 14.8. The van der Waals surface area contributed by atoms with Crippen molar-refractivity contribution in [2.75, 3.05) is 0 Å². The normalized spacial score (nSPS) is 22.4. The van der Waals surface area contributed by atoms with Crippen molar-refractivity contribution < 1.29 is 0 Å². The fourth-order valence-corrected chi connectivity index (χ4v) is 3.59. The summed E-state index contributed by atoms with van der Waals surface area (Å²) in [6.45, 7) is 4.46. The molecule has 2 N–H and O–H groups in total. The first-order valence-corrected chi connectivity index (χ1v) is 8.89. The van der Waals surface area contributed by atoms with Gasteiger partial charge in [-0.15, -0.1) is 0 Å². The molecule has 0 amide bonds. The molecule has 4 heteroatoms.